The van der Waals surface area contributed by atoms with Gasteiger partial charge in [-0.25, -0.2) is 4.79 Å². The highest BCUT2D eigenvalue weighted by atomic mass is 16.5. The lowest BCUT2D eigenvalue weighted by Gasteiger charge is -2.11. The molecule has 22 heavy (non-hydrogen) atoms. The van der Waals surface area contributed by atoms with Gasteiger partial charge in [0.25, 0.3) is 0 Å². The highest BCUT2D eigenvalue weighted by molar-refractivity contribution is 5.96. The summed E-state index contributed by atoms with van der Waals surface area (Å²) in [7, 11) is 0. The standard InChI is InChI=1S/C16H18N2O4/c1-8-5-9(2)14(6-12(8)16(20)21)17-15(19)7-13-10(3)18-22-11(13)4/h5-6H,7H2,1-4H3,(H,17,19)(H,20,21). The van der Waals surface area contributed by atoms with E-state index in [1.807, 2.05) is 6.92 Å². The minimum atomic E-state index is -1.02. The van der Waals surface area contributed by atoms with Crippen molar-refractivity contribution >= 4 is 17.6 Å². The Balaban J connectivity index is 2.22. The van der Waals surface area contributed by atoms with Gasteiger partial charge in [0.1, 0.15) is 5.76 Å². The highest BCUT2D eigenvalue weighted by Gasteiger charge is 2.16. The van der Waals surface area contributed by atoms with E-state index in [0.717, 1.165) is 11.1 Å². The summed E-state index contributed by atoms with van der Waals surface area (Å²) in [4.78, 5) is 23.4. The third-order valence-corrected chi connectivity index (χ3v) is 3.59. The molecule has 0 atom stereocenters. The van der Waals surface area contributed by atoms with E-state index in [4.69, 9.17) is 9.63 Å². The lowest BCUT2D eigenvalue weighted by Crippen LogP contribution is -2.16. The van der Waals surface area contributed by atoms with E-state index in [2.05, 4.69) is 10.5 Å². The maximum atomic E-state index is 12.2. The summed E-state index contributed by atoms with van der Waals surface area (Å²) in [5.41, 5.74) is 3.58. The van der Waals surface area contributed by atoms with E-state index >= 15 is 0 Å². The summed E-state index contributed by atoms with van der Waals surface area (Å²) in [6.07, 6.45) is 0.136. The van der Waals surface area contributed by atoms with Crippen molar-refractivity contribution in [1.29, 1.82) is 0 Å². The molecule has 6 nitrogen and oxygen atoms in total. The second-order valence-electron chi connectivity index (χ2n) is 5.31. The molecule has 2 N–H and O–H groups in total. The first-order chi connectivity index (χ1) is 10.3. The number of aryl methyl sites for hydroxylation is 4. The maximum Gasteiger partial charge on any atom is 0.336 e. The molecule has 2 rings (SSSR count). The first-order valence-corrected chi connectivity index (χ1v) is 6.85. The van der Waals surface area contributed by atoms with E-state index in [0.29, 0.717) is 22.7 Å². The van der Waals surface area contributed by atoms with Gasteiger partial charge < -0.3 is 14.9 Å². The van der Waals surface area contributed by atoms with Gasteiger partial charge in [0.05, 0.1) is 17.7 Å². The number of carbonyl (C=O) groups excluding carboxylic acids is 1. The number of nitrogens with one attached hydrogen (secondary N) is 1. The minimum Gasteiger partial charge on any atom is -0.478 e. The Morgan fingerprint density at radius 2 is 1.86 bits per heavy atom. The molecule has 0 saturated heterocycles. The van der Waals surface area contributed by atoms with Crippen LogP contribution in [0.25, 0.3) is 0 Å². The number of aromatic nitrogens is 1. The van der Waals surface area contributed by atoms with Crippen molar-refractivity contribution in [2.45, 2.75) is 34.1 Å². The van der Waals surface area contributed by atoms with Crippen LogP contribution in [0, 0.1) is 27.7 Å². The summed E-state index contributed by atoms with van der Waals surface area (Å²) in [5, 5.41) is 15.7. The first-order valence-electron chi connectivity index (χ1n) is 6.85. The van der Waals surface area contributed by atoms with E-state index in [9.17, 15) is 9.59 Å². The Kier molecular flexibility index (Phi) is 4.30. The van der Waals surface area contributed by atoms with Crippen molar-refractivity contribution in [1.82, 2.24) is 5.16 Å². The molecular formula is C16H18N2O4. The van der Waals surface area contributed by atoms with Gasteiger partial charge in [-0.2, -0.15) is 0 Å². The van der Waals surface area contributed by atoms with Gasteiger partial charge in [-0.3, -0.25) is 4.79 Å². The third kappa shape index (κ3) is 3.16. The molecule has 0 bridgehead atoms. The number of hydrogen-bond acceptors (Lipinski definition) is 4. The largest absolute Gasteiger partial charge is 0.478 e. The van der Waals surface area contributed by atoms with Gasteiger partial charge >= 0.3 is 5.97 Å². The molecule has 0 unspecified atom stereocenters. The number of carbonyl (C=O) groups is 2. The molecule has 1 aromatic heterocycles. The summed E-state index contributed by atoms with van der Waals surface area (Å²) in [6, 6.07) is 3.23. The number of benzene rings is 1. The molecule has 6 heteroatoms. The number of nitrogens with zero attached hydrogens (tertiary/aromatic N) is 1. The summed E-state index contributed by atoms with van der Waals surface area (Å²) < 4.78 is 5.03. The highest BCUT2D eigenvalue weighted by Crippen LogP contribution is 2.21. The zero-order valence-electron chi connectivity index (χ0n) is 13.0. The van der Waals surface area contributed by atoms with Crippen LogP contribution in [-0.2, 0) is 11.2 Å². The van der Waals surface area contributed by atoms with Crippen LogP contribution in [0.2, 0.25) is 0 Å². The van der Waals surface area contributed by atoms with E-state index in [1.54, 1.807) is 26.8 Å². The van der Waals surface area contributed by atoms with Gasteiger partial charge in [0, 0.05) is 11.3 Å². The first kappa shape index (κ1) is 15.8. The van der Waals surface area contributed by atoms with Crippen LogP contribution in [0.5, 0.6) is 0 Å². The quantitative estimate of drug-likeness (QED) is 0.906. The van der Waals surface area contributed by atoms with Gasteiger partial charge in [-0.1, -0.05) is 11.2 Å². The zero-order valence-corrected chi connectivity index (χ0v) is 13.0. The van der Waals surface area contributed by atoms with Gasteiger partial charge in [0.2, 0.25) is 5.91 Å². The minimum absolute atomic E-state index is 0.136. The molecule has 1 amide bonds. The van der Waals surface area contributed by atoms with Crippen LogP contribution in [-0.4, -0.2) is 22.1 Å². The van der Waals surface area contributed by atoms with Gasteiger partial charge in [-0.15, -0.1) is 0 Å². The van der Waals surface area contributed by atoms with Gasteiger partial charge in [0.15, 0.2) is 0 Å². The van der Waals surface area contributed by atoms with E-state index < -0.39 is 5.97 Å². The molecule has 1 heterocycles. The molecule has 0 aliphatic heterocycles. The molecule has 0 saturated carbocycles. The summed E-state index contributed by atoms with van der Waals surface area (Å²) in [6.45, 7) is 7.08. The van der Waals surface area contributed by atoms with Crippen LogP contribution >= 0.6 is 0 Å². The number of carboxylic acids is 1. The Morgan fingerprint density at radius 3 is 2.41 bits per heavy atom. The summed E-state index contributed by atoms with van der Waals surface area (Å²) >= 11 is 0. The molecule has 116 valence electrons. The monoisotopic (exact) mass is 302 g/mol. The maximum absolute atomic E-state index is 12.2. The third-order valence-electron chi connectivity index (χ3n) is 3.59. The fourth-order valence-electron chi connectivity index (χ4n) is 2.33. The van der Waals surface area contributed by atoms with Crippen LogP contribution in [0.3, 0.4) is 0 Å². The topological polar surface area (TPSA) is 92.4 Å². The van der Waals surface area contributed by atoms with Crippen molar-refractivity contribution < 1.29 is 19.2 Å². The Hall–Kier alpha value is -2.63. The van der Waals surface area contributed by atoms with Crippen LogP contribution < -0.4 is 5.32 Å². The average Bonchev–Trinajstić information content (AvgIpc) is 2.73. The number of aromatic carboxylic acids is 1. The van der Waals surface area contributed by atoms with E-state index in [-0.39, 0.29) is 17.9 Å². The Morgan fingerprint density at radius 1 is 1.18 bits per heavy atom. The normalized spacial score (nSPS) is 10.5. The van der Waals surface area contributed by atoms with Crippen LogP contribution in [0.1, 0.15) is 38.5 Å². The second-order valence-corrected chi connectivity index (χ2v) is 5.31. The second kappa shape index (κ2) is 6.01. The number of hydrogen-bond donors (Lipinski definition) is 2. The lowest BCUT2D eigenvalue weighted by atomic mass is 10.0. The molecule has 0 radical (unpaired) electrons. The van der Waals surface area contributed by atoms with Crippen LogP contribution in [0.4, 0.5) is 5.69 Å². The molecule has 1 aromatic carbocycles. The molecule has 0 spiro atoms. The summed E-state index contributed by atoms with van der Waals surface area (Å²) in [5.74, 6) is -0.643. The van der Waals surface area contributed by atoms with Gasteiger partial charge in [-0.05, 0) is 44.9 Å². The SMILES string of the molecule is Cc1cc(C)c(C(=O)O)cc1NC(=O)Cc1c(C)noc1C. The van der Waals surface area contributed by atoms with Crippen molar-refractivity contribution in [2.24, 2.45) is 0 Å². The van der Waals surface area contributed by atoms with Crippen molar-refractivity contribution in [3.63, 3.8) is 0 Å². The number of carboxylic acid groups (broad SMARTS) is 1. The van der Waals surface area contributed by atoms with Crippen molar-refractivity contribution in [3.05, 3.63) is 45.8 Å². The lowest BCUT2D eigenvalue weighted by molar-refractivity contribution is -0.115. The molecule has 2 aromatic rings. The average molecular weight is 302 g/mol. The predicted molar refractivity (Wildman–Crippen MR) is 81.2 cm³/mol. The molecule has 0 fully saturated rings. The van der Waals surface area contributed by atoms with E-state index in [1.165, 1.54) is 6.07 Å². The molecule has 0 aliphatic carbocycles. The zero-order chi connectivity index (χ0) is 16.4. The number of rotatable bonds is 4. The Bertz CT molecular complexity index is 727. The molecule has 0 aliphatic rings. The number of amides is 1. The fourth-order valence-corrected chi connectivity index (χ4v) is 2.33. The fraction of sp³-hybridized carbons (Fsp3) is 0.312. The predicted octanol–water partition coefficient (Wildman–Crippen LogP) is 2.79. The van der Waals surface area contributed by atoms with Crippen molar-refractivity contribution in [3.8, 4) is 0 Å². The van der Waals surface area contributed by atoms with Crippen molar-refractivity contribution in [2.75, 3.05) is 5.32 Å². The number of anilines is 1. The van der Waals surface area contributed by atoms with Crippen LogP contribution in [0.15, 0.2) is 16.7 Å². The smallest absolute Gasteiger partial charge is 0.336 e. The molecular weight excluding hydrogens is 284 g/mol. The Labute approximate surface area is 128 Å².